The minimum Gasteiger partial charge on any atom is -0.467 e. The monoisotopic (exact) mass is 361 g/mol. The summed E-state index contributed by atoms with van der Waals surface area (Å²) in [6.45, 7) is 2.95. The van der Waals surface area contributed by atoms with Crippen LogP contribution in [0.1, 0.15) is 29.7 Å². The summed E-state index contributed by atoms with van der Waals surface area (Å²) in [6, 6.07) is 12.0. The average Bonchev–Trinajstić information content (AvgIpc) is 3.15. The van der Waals surface area contributed by atoms with Crippen LogP contribution in [-0.4, -0.2) is 30.8 Å². The standard InChI is InChI=1S/C20H19N5O2/c1-13-4-7-18-15(9-13)10-16(19-21-22-23-25(18)19)11-24(20(26)14-5-6-14)12-17-3-2-8-27-17/h2-4,7-10,14H,5-6,11-12H2,1H3. The molecule has 1 aliphatic carbocycles. The van der Waals surface area contributed by atoms with E-state index in [9.17, 15) is 4.79 Å². The van der Waals surface area contributed by atoms with Crippen LogP contribution in [0.2, 0.25) is 0 Å². The van der Waals surface area contributed by atoms with Crippen LogP contribution in [0.3, 0.4) is 0 Å². The molecule has 27 heavy (non-hydrogen) atoms. The number of fused-ring (bicyclic) bond motifs is 3. The van der Waals surface area contributed by atoms with Crippen LogP contribution >= 0.6 is 0 Å². The molecule has 0 spiro atoms. The summed E-state index contributed by atoms with van der Waals surface area (Å²) in [6.07, 6.45) is 3.56. The van der Waals surface area contributed by atoms with Gasteiger partial charge in [0, 0.05) is 23.4 Å². The Morgan fingerprint density at radius 3 is 2.93 bits per heavy atom. The molecule has 0 N–H and O–H groups in total. The van der Waals surface area contributed by atoms with Crippen molar-refractivity contribution in [2.24, 2.45) is 5.92 Å². The zero-order chi connectivity index (χ0) is 18.4. The molecule has 4 aromatic rings. The molecular weight excluding hydrogens is 342 g/mol. The highest BCUT2D eigenvalue weighted by molar-refractivity contribution is 5.84. The minimum atomic E-state index is 0.134. The summed E-state index contributed by atoms with van der Waals surface area (Å²) in [5.41, 5.74) is 3.73. The normalized spacial score (nSPS) is 14.1. The van der Waals surface area contributed by atoms with E-state index in [1.165, 1.54) is 5.56 Å². The molecule has 0 saturated heterocycles. The number of tetrazole rings is 1. The number of carbonyl (C=O) groups is 1. The van der Waals surface area contributed by atoms with Gasteiger partial charge in [-0.05, 0) is 60.5 Å². The molecule has 0 radical (unpaired) electrons. The molecule has 1 amide bonds. The van der Waals surface area contributed by atoms with Gasteiger partial charge in [0.05, 0.1) is 18.3 Å². The fourth-order valence-corrected chi connectivity index (χ4v) is 3.50. The maximum absolute atomic E-state index is 12.9. The Kier molecular flexibility index (Phi) is 3.67. The van der Waals surface area contributed by atoms with Crippen molar-refractivity contribution in [3.63, 3.8) is 0 Å². The second-order valence-electron chi connectivity index (χ2n) is 7.19. The molecule has 0 unspecified atom stereocenters. The van der Waals surface area contributed by atoms with E-state index in [4.69, 9.17) is 4.42 Å². The zero-order valence-corrected chi connectivity index (χ0v) is 15.0. The van der Waals surface area contributed by atoms with Gasteiger partial charge in [-0.3, -0.25) is 4.79 Å². The van der Waals surface area contributed by atoms with Gasteiger partial charge in [-0.15, -0.1) is 5.10 Å². The second-order valence-corrected chi connectivity index (χ2v) is 7.19. The van der Waals surface area contributed by atoms with Crippen molar-refractivity contribution in [2.45, 2.75) is 32.9 Å². The van der Waals surface area contributed by atoms with Crippen LogP contribution in [0.4, 0.5) is 0 Å². The lowest BCUT2D eigenvalue weighted by Gasteiger charge is -2.22. The molecule has 1 saturated carbocycles. The molecule has 7 heteroatoms. The maximum atomic E-state index is 12.9. The molecule has 0 aliphatic heterocycles. The van der Waals surface area contributed by atoms with Gasteiger partial charge in [0.2, 0.25) is 5.91 Å². The van der Waals surface area contributed by atoms with Crippen molar-refractivity contribution in [3.05, 3.63) is 59.5 Å². The molecule has 5 rings (SSSR count). The molecule has 0 atom stereocenters. The van der Waals surface area contributed by atoms with Crippen LogP contribution in [0.15, 0.2) is 47.1 Å². The Hall–Kier alpha value is -3.22. The SMILES string of the molecule is Cc1ccc2c(c1)cc(CN(Cc1ccco1)C(=O)C1CC1)c1nnnn12. The first-order valence-corrected chi connectivity index (χ1v) is 9.10. The van der Waals surface area contributed by atoms with Crippen molar-refractivity contribution in [2.75, 3.05) is 0 Å². The third kappa shape index (κ3) is 2.95. The molecular formula is C20H19N5O2. The van der Waals surface area contributed by atoms with Crippen molar-refractivity contribution in [1.29, 1.82) is 0 Å². The summed E-state index contributed by atoms with van der Waals surface area (Å²) in [4.78, 5) is 14.7. The van der Waals surface area contributed by atoms with Crippen molar-refractivity contribution in [1.82, 2.24) is 24.9 Å². The molecule has 3 aromatic heterocycles. The van der Waals surface area contributed by atoms with Gasteiger partial charge < -0.3 is 9.32 Å². The molecule has 1 fully saturated rings. The summed E-state index contributed by atoms with van der Waals surface area (Å²) in [7, 11) is 0. The van der Waals surface area contributed by atoms with Crippen LogP contribution in [0.5, 0.6) is 0 Å². The molecule has 0 bridgehead atoms. The second kappa shape index (κ2) is 6.19. The molecule has 136 valence electrons. The Balaban J connectivity index is 1.57. The van der Waals surface area contributed by atoms with Crippen LogP contribution in [0.25, 0.3) is 16.6 Å². The summed E-state index contributed by atoms with van der Waals surface area (Å²) in [5.74, 6) is 1.08. The van der Waals surface area contributed by atoms with Gasteiger partial charge in [0.15, 0.2) is 5.65 Å². The lowest BCUT2D eigenvalue weighted by atomic mass is 10.1. The lowest BCUT2D eigenvalue weighted by molar-refractivity contribution is -0.134. The number of hydrogen-bond acceptors (Lipinski definition) is 5. The Bertz CT molecular complexity index is 1130. The number of pyridine rings is 1. The Morgan fingerprint density at radius 2 is 2.15 bits per heavy atom. The topological polar surface area (TPSA) is 76.5 Å². The van der Waals surface area contributed by atoms with E-state index in [0.717, 1.165) is 35.1 Å². The number of amides is 1. The molecule has 1 aliphatic rings. The molecule has 1 aromatic carbocycles. The lowest BCUT2D eigenvalue weighted by Crippen LogP contribution is -2.31. The van der Waals surface area contributed by atoms with E-state index in [-0.39, 0.29) is 11.8 Å². The average molecular weight is 361 g/mol. The number of carbonyl (C=O) groups excluding carboxylic acids is 1. The minimum absolute atomic E-state index is 0.134. The van der Waals surface area contributed by atoms with Gasteiger partial charge in [-0.2, -0.15) is 4.52 Å². The van der Waals surface area contributed by atoms with Crippen molar-refractivity contribution >= 4 is 22.5 Å². The third-order valence-electron chi connectivity index (χ3n) is 5.02. The van der Waals surface area contributed by atoms with Gasteiger partial charge in [0.25, 0.3) is 0 Å². The number of hydrogen-bond donors (Lipinski definition) is 0. The quantitative estimate of drug-likeness (QED) is 0.546. The predicted octanol–water partition coefficient (Wildman–Crippen LogP) is 3.12. The fraction of sp³-hybridized carbons (Fsp3) is 0.300. The maximum Gasteiger partial charge on any atom is 0.226 e. The van der Waals surface area contributed by atoms with Crippen molar-refractivity contribution in [3.8, 4) is 0 Å². The Labute approximate surface area is 155 Å². The van der Waals surface area contributed by atoms with Gasteiger partial charge in [-0.25, -0.2) is 0 Å². The number of aryl methyl sites for hydroxylation is 1. The number of aromatic nitrogens is 4. The summed E-state index contributed by atoms with van der Waals surface area (Å²) >= 11 is 0. The highest BCUT2D eigenvalue weighted by Crippen LogP contribution is 2.32. The van der Waals surface area contributed by atoms with E-state index in [1.807, 2.05) is 29.2 Å². The first-order chi connectivity index (χ1) is 13.2. The van der Waals surface area contributed by atoms with E-state index in [0.29, 0.717) is 18.7 Å². The predicted molar refractivity (Wildman–Crippen MR) is 98.7 cm³/mol. The third-order valence-corrected chi connectivity index (χ3v) is 5.02. The first kappa shape index (κ1) is 16.0. The van der Waals surface area contributed by atoms with E-state index in [2.05, 4.69) is 34.6 Å². The highest BCUT2D eigenvalue weighted by atomic mass is 16.3. The van der Waals surface area contributed by atoms with Crippen LogP contribution < -0.4 is 0 Å². The first-order valence-electron chi connectivity index (χ1n) is 9.10. The molecule has 7 nitrogen and oxygen atoms in total. The highest BCUT2D eigenvalue weighted by Gasteiger charge is 2.34. The van der Waals surface area contributed by atoms with E-state index >= 15 is 0 Å². The van der Waals surface area contributed by atoms with E-state index in [1.54, 1.807) is 10.8 Å². The number of benzene rings is 1. The number of nitrogens with zero attached hydrogens (tertiary/aromatic N) is 5. The van der Waals surface area contributed by atoms with Gasteiger partial charge >= 0.3 is 0 Å². The zero-order valence-electron chi connectivity index (χ0n) is 15.0. The molecule has 3 heterocycles. The van der Waals surface area contributed by atoms with Gasteiger partial charge in [-0.1, -0.05) is 11.6 Å². The fourth-order valence-electron chi connectivity index (χ4n) is 3.50. The summed E-state index contributed by atoms with van der Waals surface area (Å²) < 4.78 is 7.22. The van der Waals surface area contributed by atoms with E-state index < -0.39 is 0 Å². The smallest absolute Gasteiger partial charge is 0.226 e. The summed E-state index contributed by atoms with van der Waals surface area (Å²) in [5, 5.41) is 13.3. The number of furan rings is 1. The largest absolute Gasteiger partial charge is 0.467 e. The van der Waals surface area contributed by atoms with Crippen molar-refractivity contribution < 1.29 is 9.21 Å². The van der Waals surface area contributed by atoms with Crippen LogP contribution in [-0.2, 0) is 17.9 Å². The number of rotatable bonds is 5. The van der Waals surface area contributed by atoms with Crippen LogP contribution in [0, 0.1) is 12.8 Å². The van der Waals surface area contributed by atoms with Gasteiger partial charge in [0.1, 0.15) is 5.76 Å². The Morgan fingerprint density at radius 1 is 1.26 bits per heavy atom.